The van der Waals surface area contributed by atoms with Crippen LogP contribution in [-0.2, 0) is 6.42 Å². The molecule has 66 valence electrons. The fraction of sp³-hybridized carbons (Fsp3) is 0.333. The van der Waals surface area contributed by atoms with Crippen LogP contribution in [0.2, 0.25) is 5.02 Å². The van der Waals surface area contributed by atoms with Gasteiger partial charge >= 0.3 is 0 Å². The minimum absolute atomic E-state index is 0.310. The summed E-state index contributed by atoms with van der Waals surface area (Å²) in [6.45, 7) is 2.34. The van der Waals surface area contributed by atoms with Crippen LogP contribution in [0.4, 0.5) is 0 Å². The predicted molar refractivity (Wildman–Crippen MR) is 50.6 cm³/mol. The maximum atomic E-state index is 9.54. The molecule has 1 aromatic carbocycles. The Bertz CT molecular complexity index is 286. The number of halogens is 1. The molecule has 0 fully saturated rings. The van der Waals surface area contributed by atoms with Gasteiger partial charge in [0.2, 0.25) is 0 Å². The first-order valence-electron chi connectivity index (χ1n) is 3.83. The van der Waals surface area contributed by atoms with Gasteiger partial charge in [-0.1, -0.05) is 11.6 Å². The molecule has 0 spiro atoms. The first-order valence-corrected chi connectivity index (χ1v) is 4.21. The molecular formula is C9H12ClNO. The van der Waals surface area contributed by atoms with E-state index in [-0.39, 0.29) is 0 Å². The Morgan fingerprint density at radius 1 is 1.50 bits per heavy atom. The highest BCUT2D eigenvalue weighted by Gasteiger charge is 2.04. The number of rotatable bonds is 2. The number of hydrogen-bond acceptors (Lipinski definition) is 2. The average molecular weight is 186 g/mol. The highest BCUT2D eigenvalue weighted by molar-refractivity contribution is 6.30. The van der Waals surface area contributed by atoms with Crippen molar-refractivity contribution in [3.8, 4) is 5.75 Å². The quantitative estimate of drug-likeness (QED) is 0.739. The maximum absolute atomic E-state index is 9.54. The van der Waals surface area contributed by atoms with Crippen molar-refractivity contribution >= 4 is 11.6 Å². The highest BCUT2D eigenvalue weighted by atomic mass is 35.5. The molecule has 0 saturated carbocycles. The smallest absolute Gasteiger partial charge is 0.121 e. The van der Waals surface area contributed by atoms with Crippen LogP contribution in [0.15, 0.2) is 12.1 Å². The van der Waals surface area contributed by atoms with E-state index in [1.807, 2.05) is 6.92 Å². The second-order valence-electron chi connectivity index (χ2n) is 2.77. The lowest BCUT2D eigenvalue weighted by atomic mass is 10.1. The van der Waals surface area contributed by atoms with E-state index in [0.29, 0.717) is 23.7 Å². The Balaban J connectivity index is 3.09. The molecule has 0 radical (unpaired) electrons. The first kappa shape index (κ1) is 9.36. The third-order valence-electron chi connectivity index (χ3n) is 1.76. The molecule has 0 aliphatic carbocycles. The second-order valence-corrected chi connectivity index (χ2v) is 3.21. The number of benzene rings is 1. The van der Waals surface area contributed by atoms with Gasteiger partial charge in [0.25, 0.3) is 0 Å². The van der Waals surface area contributed by atoms with Gasteiger partial charge in [-0.05, 0) is 43.1 Å². The summed E-state index contributed by atoms with van der Waals surface area (Å²) in [5, 5.41) is 10.2. The zero-order valence-electron chi connectivity index (χ0n) is 6.97. The van der Waals surface area contributed by atoms with Gasteiger partial charge in [0.15, 0.2) is 0 Å². The Morgan fingerprint density at radius 2 is 2.17 bits per heavy atom. The highest BCUT2D eigenvalue weighted by Crippen LogP contribution is 2.26. The number of phenols is 1. The van der Waals surface area contributed by atoms with E-state index in [2.05, 4.69) is 0 Å². The molecular weight excluding hydrogens is 174 g/mol. The summed E-state index contributed by atoms with van der Waals surface area (Å²) in [5.41, 5.74) is 6.99. The van der Waals surface area contributed by atoms with Crippen molar-refractivity contribution in [2.24, 2.45) is 5.73 Å². The number of hydrogen-bond donors (Lipinski definition) is 2. The van der Waals surface area contributed by atoms with Gasteiger partial charge in [-0.25, -0.2) is 0 Å². The first-order chi connectivity index (χ1) is 5.65. The van der Waals surface area contributed by atoms with Gasteiger partial charge in [-0.3, -0.25) is 0 Å². The lowest BCUT2D eigenvalue weighted by Crippen LogP contribution is -2.03. The Labute approximate surface area is 77.0 Å². The molecule has 3 N–H and O–H groups in total. The van der Waals surface area contributed by atoms with E-state index in [1.54, 1.807) is 12.1 Å². The summed E-state index contributed by atoms with van der Waals surface area (Å²) in [7, 11) is 0. The number of aromatic hydroxyl groups is 1. The van der Waals surface area contributed by atoms with Crippen LogP contribution in [0.25, 0.3) is 0 Å². The Hall–Kier alpha value is -0.730. The topological polar surface area (TPSA) is 46.2 Å². The molecule has 1 aromatic rings. The number of phenolic OH excluding ortho intramolecular Hbond substituents is 1. The fourth-order valence-electron chi connectivity index (χ4n) is 1.15. The Kier molecular flexibility index (Phi) is 2.95. The van der Waals surface area contributed by atoms with Gasteiger partial charge in [-0.2, -0.15) is 0 Å². The van der Waals surface area contributed by atoms with Crippen molar-refractivity contribution < 1.29 is 5.11 Å². The van der Waals surface area contributed by atoms with Crippen LogP contribution in [0, 0.1) is 6.92 Å². The summed E-state index contributed by atoms with van der Waals surface area (Å²) in [6.07, 6.45) is 0.660. The van der Waals surface area contributed by atoms with Crippen LogP contribution in [-0.4, -0.2) is 11.7 Å². The van der Waals surface area contributed by atoms with Gasteiger partial charge in [0.1, 0.15) is 5.75 Å². The molecule has 2 nitrogen and oxygen atoms in total. The second kappa shape index (κ2) is 3.78. The van der Waals surface area contributed by atoms with Gasteiger partial charge in [-0.15, -0.1) is 0 Å². The van der Waals surface area contributed by atoms with E-state index in [4.69, 9.17) is 17.3 Å². The fourth-order valence-corrected chi connectivity index (χ4v) is 1.45. The molecule has 0 unspecified atom stereocenters. The van der Waals surface area contributed by atoms with Gasteiger partial charge in [0.05, 0.1) is 0 Å². The average Bonchev–Trinajstić information content (AvgIpc) is 2.00. The molecule has 1 rings (SSSR count). The normalized spacial score (nSPS) is 10.2. The minimum Gasteiger partial charge on any atom is -0.507 e. The summed E-state index contributed by atoms with van der Waals surface area (Å²) in [5.74, 6) is 0.310. The molecule has 3 heteroatoms. The lowest BCUT2D eigenvalue weighted by Gasteiger charge is -2.06. The summed E-state index contributed by atoms with van der Waals surface area (Å²) >= 11 is 5.81. The van der Waals surface area contributed by atoms with E-state index in [1.165, 1.54) is 0 Å². The van der Waals surface area contributed by atoms with Crippen molar-refractivity contribution in [2.45, 2.75) is 13.3 Å². The molecule has 0 aliphatic rings. The van der Waals surface area contributed by atoms with Gasteiger partial charge in [0, 0.05) is 5.02 Å². The van der Waals surface area contributed by atoms with Crippen molar-refractivity contribution in [3.63, 3.8) is 0 Å². The number of aryl methyl sites for hydroxylation is 1. The Morgan fingerprint density at radius 3 is 2.75 bits per heavy atom. The maximum Gasteiger partial charge on any atom is 0.121 e. The summed E-state index contributed by atoms with van der Waals surface area (Å²) < 4.78 is 0. The third kappa shape index (κ3) is 1.90. The number of nitrogens with two attached hydrogens (primary N) is 1. The summed E-state index contributed by atoms with van der Waals surface area (Å²) in [4.78, 5) is 0. The van der Waals surface area contributed by atoms with Crippen LogP contribution in [0.5, 0.6) is 5.75 Å². The zero-order valence-corrected chi connectivity index (χ0v) is 7.73. The lowest BCUT2D eigenvalue weighted by molar-refractivity contribution is 0.464. The zero-order chi connectivity index (χ0) is 9.14. The largest absolute Gasteiger partial charge is 0.507 e. The minimum atomic E-state index is 0.310. The van der Waals surface area contributed by atoms with Crippen LogP contribution in [0.1, 0.15) is 11.1 Å². The van der Waals surface area contributed by atoms with Crippen molar-refractivity contribution in [3.05, 3.63) is 28.3 Å². The van der Waals surface area contributed by atoms with Crippen LogP contribution in [0.3, 0.4) is 0 Å². The molecule has 0 aromatic heterocycles. The molecule has 0 bridgehead atoms. The van der Waals surface area contributed by atoms with Crippen molar-refractivity contribution in [1.29, 1.82) is 0 Å². The molecule has 0 heterocycles. The van der Waals surface area contributed by atoms with E-state index in [9.17, 15) is 5.11 Å². The monoisotopic (exact) mass is 185 g/mol. The SMILES string of the molecule is Cc1cc(Cl)cc(CCN)c1O. The molecule has 0 aliphatic heterocycles. The molecule has 0 saturated heterocycles. The predicted octanol–water partition coefficient (Wildman–Crippen LogP) is 1.86. The third-order valence-corrected chi connectivity index (χ3v) is 1.98. The van der Waals surface area contributed by atoms with Crippen LogP contribution < -0.4 is 5.73 Å². The standard InChI is InChI=1S/C9H12ClNO/c1-6-4-8(10)5-7(2-3-11)9(6)12/h4-5,12H,2-3,11H2,1H3. The van der Waals surface area contributed by atoms with Crippen molar-refractivity contribution in [1.82, 2.24) is 0 Å². The van der Waals surface area contributed by atoms with E-state index >= 15 is 0 Å². The molecule has 0 atom stereocenters. The van der Waals surface area contributed by atoms with Gasteiger partial charge < -0.3 is 10.8 Å². The van der Waals surface area contributed by atoms with E-state index in [0.717, 1.165) is 11.1 Å². The summed E-state index contributed by atoms with van der Waals surface area (Å²) in [6, 6.07) is 3.48. The van der Waals surface area contributed by atoms with Crippen LogP contribution >= 0.6 is 11.6 Å². The molecule has 0 amide bonds. The van der Waals surface area contributed by atoms with E-state index < -0.39 is 0 Å². The van der Waals surface area contributed by atoms with Crippen molar-refractivity contribution in [2.75, 3.05) is 6.54 Å². The molecule has 12 heavy (non-hydrogen) atoms.